The molecule has 0 aliphatic rings. The lowest BCUT2D eigenvalue weighted by atomic mass is 10.2. The van der Waals surface area contributed by atoms with Crippen LogP contribution in [0.5, 0.6) is 0 Å². The Morgan fingerprint density at radius 2 is 1.75 bits per heavy atom. The summed E-state index contributed by atoms with van der Waals surface area (Å²) < 4.78 is 0. The van der Waals surface area contributed by atoms with Crippen LogP contribution < -0.4 is 0 Å². The third-order valence-electron chi connectivity index (χ3n) is 1.97. The molecule has 2 heteroatoms. The third kappa shape index (κ3) is 1.97. The van der Waals surface area contributed by atoms with Crippen LogP contribution in [0.1, 0.15) is 26.7 Å². The molecule has 0 aliphatic heterocycles. The van der Waals surface area contributed by atoms with E-state index in [-0.39, 0.29) is 14.7 Å². The van der Waals surface area contributed by atoms with E-state index in [2.05, 4.69) is 20.4 Å². The highest BCUT2D eigenvalue weighted by Gasteiger charge is 2.18. The largest absolute Gasteiger partial charge is 0.394 e. The van der Waals surface area contributed by atoms with E-state index in [1.54, 1.807) is 0 Å². The maximum atomic E-state index is 9.50. The van der Waals surface area contributed by atoms with Gasteiger partial charge in [0.2, 0.25) is 0 Å². The van der Waals surface area contributed by atoms with E-state index in [1.807, 2.05) is 0 Å². The molecule has 1 nitrogen and oxygen atoms in total. The molecule has 0 heterocycles. The molecule has 0 aromatic rings. The molecule has 0 fully saturated rings. The monoisotopic (exact) mass is 132 g/mol. The molecule has 0 radical (unpaired) electrons. The van der Waals surface area contributed by atoms with Gasteiger partial charge in [0.05, 0.1) is 9.52 Å². The fraction of sp³-hybridized carbons (Fsp3) is 1.00. The second kappa shape index (κ2) is 3.25. The molecule has 0 aromatic heterocycles. The summed E-state index contributed by atoms with van der Waals surface area (Å²) in [5.41, 5.74) is 0. The maximum absolute atomic E-state index is 9.50. The van der Waals surface area contributed by atoms with Gasteiger partial charge in [0, 0.05) is 5.22 Å². The maximum Gasteiger partial charge on any atom is 0.0560 e. The molecule has 8 heavy (non-hydrogen) atoms. The Morgan fingerprint density at radius 1 is 1.38 bits per heavy atom. The molecule has 1 N–H and O–H groups in total. The quantitative estimate of drug-likeness (QED) is 0.561. The fourth-order valence-corrected chi connectivity index (χ4v) is 1.75. The van der Waals surface area contributed by atoms with Gasteiger partial charge in [0.1, 0.15) is 0 Å². The van der Waals surface area contributed by atoms with Crippen molar-refractivity contribution in [3.05, 3.63) is 0 Å². The molecular formula is C6H16OSi. The first kappa shape index (κ1) is 8.18. The molecule has 0 bridgehead atoms. The predicted molar refractivity (Wildman–Crippen MR) is 39.9 cm³/mol. The fourth-order valence-electron chi connectivity index (χ4n) is 0.750. The first-order chi connectivity index (χ1) is 3.68. The van der Waals surface area contributed by atoms with Crippen LogP contribution in [0.2, 0.25) is 6.55 Å². The van der Waals surface area contributed by atoms with E-state index in [0.29, 0.717) is 0 Å². The summed E-state index contributed by atoms with van der Waals surface area (Å²) >= 11 is 0. The molecule has 0 saturated carbocycles. The van der Waals surface area contributed by atoms with Gasteiger partial charge in [-0.3, -0.25) is 0 Å². The molecule has 0 saturated heterocycles. The Bertz CT molecular complexity index is 51.3. The average Bonchev–Trinajstić information content (AvgIpc) is 1.87. The first-order valence-electron chi connectivity index (χ1n) is 3.41. The van der Waals surface area contributed by atoms with Crippen molar-refractivity contribution in [1.29, 1.82) is 0 Å². The Morgan fingerprint density at radius 3 is 1.75 bits per heavy atom. The van der Waals surface area contributed by atoms with Crippen molar-refractivity contribution >= 4 is 9.52 Å². The van der Waals surface area contributed by atoms with Crippen molar-refractivity contribution in [2.24, 2.45) is 0 Å². The molecule has 0 aliphatic carbocycles. The second-order valence-corrected chi connectivity index (χ2v) is 4.31. The number of aliphatic hydroxyl groups is 1. The minimum absolute atomic E-state index is 0.213. The lowest BCUT2D eigenvalue weighted by Gasteiger charge is -2.22. The van der Waals surface area contributed by atoms with Gasteiger partial charge in [-0.05, 0) is 12.8 Å². The van der Waals surface area contributed by atoms with Gasteiger partial charge in [-0.15, -0.1) is 0 Å². The van der Waals surface area contributed by atoms with E-state index in [4.69, 9.17) is 0 Å². The van der Waals surface area contributed by atoms with Crippen LogP contribution >= 0.6 is 0 Å². The summed E-state index contributed by atoms with van der Waals surface area (Å²) in [5, 5.41) is 9.26. The summed E-state index contributed by atoms with van der Waals surface area (Å²) in [7, 11) is -0.213. The molecule has 0 spiro atoms. The summed E-state index contributed by atoms with van der Waals surface area (Å²) in [6, 6.07) is 0. The van der Waals surface area contributed by atoms with E-state index in [9.17, 15) is 5.11 Å². The van der Waals surface area contributed by atoms with E-state index < -0.39 is 0 Å². The normalized spacial score (nSPS) is 13.5. The molecule has 0 unspecified atom stereocenters. The summed E-state index contributed by atoms with van der Waals surface area (Å²) in [6.45, 7) is 6.27. The van der Waals surface area contributed by atoms with Gasteiger partial charge < -0.3 is 5.11 Å². The number of hydrogen-bond donors (Lipinski definition) is 1. The van der Waals surface area contributed by atoms with Gasteiger partial charge in [-0.2, -0.15) is 0 Å². The zero-order valence-electron chi connectivity index (χ0n) is 6.07. The molecular weight excluding hydrogens is 116 g/mol. The standard InChI is InChI=1S/C6H16OSi/c1-4-6(7,5-2)8-3/h7H,4-5,8H2,1-3H3. The summed E-state index contributed by atoms with van der Waals surface area (Å²) in [4.78, 5) is 0. The molecule has 0 aromatic carbocycles. The van der Waals surface area contributed by atoms with Crippen LogP contribution in [0.3, 0.4) is 0 Å². The van der Waals surface area contributed by atoms with Crippen molar-refractivity contribution in [2.75, 3.05) is 0 Å². The van der Waals surface area contributed by atoms with E-state index >= 15 is 0 Å². The van der Waals surface area contributed by atoms with Crippen molar-refractivity contribution in [3.8, 4) is 0 Å². The predicted octanol–water partition coefficient (Wildman–Crippen LogP) is 0.712. The Hall–Kier alpha value is 0.177. The number of hydrogen-bond acceptors (Lipinski definition) is 1. The van der Waals surface area contributed by atoms with Crippen LogP contribution in [0, 0.1) is 0 Å². The summed E-state index contributed by atoms with van der Waals surface area (Å²) in [6.07, 6.45) is 1.87. The minimum Gasteiger partial charge on any atom is -0.394 e. The molecule has 50 valence electrons. The minimum atomic E-state index is -0.236. The summed E-state index contributed by atoms with van der Waals surface area (Å²) in [5.74, 6) is 0. The zero-order valence-corrected chi connectivity index (χ0v) is 7.48. The van der Waals surface area contributed by atoms with Gasteiger partial charge in [-0.1, -0.05) is 20.4 Å². The smallest absolute Gasteiger partial charge is 0.0560 e. The first-order valence-corrected chi connectivity index (χ1v) is 5.53. The van der Waals surface area contributed by atoms with Gasteiger partial charge >= 0.3 is 0 Å². The Labute approximate surface area is 53.9 Å². The highest BCUT2D eigenvalue weighted by Crippen LogP contribution is 2.11. The lowest BCUT2D eigenvalue weighted by molar-refractivity contribution is 0.116. The van der Waals surface area contributed by atoms with Crippen LogP contribution in [-0.4, -0.2) is 19.9 Å². The molecule has 0 amide bonds. The topological polar surface area (TPSA) is 20.2 Å². The van der Waals surface area contributed by atoms with Crippen LogP contribution in [0.4, 0.5) is 0 Å². The molecule has 0 rings (SSSR count). The van der Waals surface area contributed by atoms with Gasteiger partial charge in [0.15, 0.2) is 0 Å². The van der Waals surface area contributed by atoms with E-state index in [0.717, 1.165) is 12.8 Å². The van der Waals surface area contributed by atoms with Crippen molar-refractivity contribution in [1.82, 2.24) is 0 Å². The molecule has 0 atom stereocenters. The number of rotatable bonds is 3. The second-order valence-electron chi connectivity index (χ2n) is 2.29. The van der Waals surface area contributed by atoms with E-state index in [1.165, 1.54) is 0 Å². The zero-order chi connectivity index (χ0) is 6.62. The third-order valence-corrected chi connectivity index (χ3v) is 4.29. The Kier molecular flexibility index (Phi) is 3.32. The van der Waals surface area contributed by atoms with Gasteiger partial charge in [0.25, 0.3) is 0 Å². The van der Waals surface area contributed by atoms with Crippen molar-refractivity contribution in [2.45, 2.75) is 38.5 Å². The van der Waals surface area contributed by atoms with Crippen molar-refractivity contribution in [3.63, 3.8) is 0 Å². The van der Waals surface area contributed by atoms with Crippen LogP contribution in [0.15, 0.2) is 0 Å². The average molecular weight is 132 g/mol. The highest BCUT2D eigenvalue weighted by molar-refractivity contribution is 6.37. The SMILES string of the molecule is CCC(O)(CC)[SiH2]C. The lowest BCUT2D eigenvalue weighted by Crippen LogP contribution is -2.32. The highest BCUT2D eigenvalue weighted by atomic mass is 28.2. The van der Waals surface area contributed by atoms with Crippen LogP contribution in [-0.2, 0) is 0 Å². The van der Waals surface area contributed by atoms with Crippen molar-refractivity contribution < 1.29 is 5.11 Å². The van der Waals surface area contributed by atoms with Gasteiger partial charge in [-0.25, -0.2) is 0 Å². The van der Waals surface area contributed by atoms with Crippen LogP contribution in [0.25, 0.3) is 0 Å². The Balaban J connectivity index is 3.58.